The van der Waals surface area contributed by atoms with Crippen LogP contribution >= 0.6 is 0 Å². The molecule has 1 fully saturated rings. The van der Waals surface area contributed by atoms with Crippen LogP contribution < -0.4 is 4.90 Å². The molecule has 0 bridgehead atoms. The molecule has 3 nitrogen and oxygen atoms in total. The minimum absolute atomic E-state index is 0.0841. The molecule has 1 aromatic carbocycles. The lowest BCUT2D eigenvalue weighted by Crippen LogP contribution is -2.42. The Kier molecular flexibility index (Phi) is 2.34. The van der Waals surface area contributed by atoms with Crippen molar-refractivity contribution in [2.75, 3.05) is 4.90 Å². The Bertz CT molecular complexity index is 529. The predicted octanol–water partition coefficient (Wildman–Crippen LogP) is 2.79. The highest BCUT2D eigenvalue weighted by molar-refractivity contribution is 6.22. The van der Waals surface area contributed by atoms with E-state index in [9.17, 15) is 9.59 Å². The Labute approximate surface area is 107 Å². The van der Waals surface area contributed by atoms with Crippen LogP contribution in [0.3, 0.4) is 0 Å². The Morgan fingerprint density at radius 2 is 2.00 bits per heavy atom. The van der Waals surface area contributed by atoms with Crippen molar-refractivity contribution in [3.05, 3.63) is 29.8 Å². The van der Waals surface area contributed by atoms with Gasteiger partial charge in [0.05, 0.1) is 5.69 Å². The van der Waals surface area contributed by atoms with Crippen molar-refractivity contribution in [2.45, 2.75) is 38.6 Å². The first-order chi connectivity index (χ1) is 8.56. The van der Waals surface area contributed by atoms with E-state index in [1.54, 1.807) is 4.90 Å². The molecular formula is C15H17NO2. The van der Waals surface area contributed by atoms with E-state index in [1.807, 2.05) is 38.1 Å². The van der Waals surface area contributed by atoms with Gasteiger partial charge >= 0.3 is 0 Å². The zero-order chi connectivity index (χ0) is 12.9. The molecule has 3 rings (SSSR count). The zero-order valence-electron chi connectivity index (χ0n) is 10.8. The highest BCUT2D eigenvalue weighted by atomic mass is 16.2. The van der Waals surface area contributed by atoms with Gasteiger partial charge in [-0.2, -0.15) is 0 Å². The second kappa shape index (κ2) is 3.67. The average molecular weight is 243 g/mol. The number of amides is 1. The van der Waals surface area contributed by atoms with Crippen LogP contribution in [0.1, 0.15) is 43.5 Å². The van der Waals surface area contributed by atoms with E-state index < -0.39 is 5.54 Å². The third-order valence-corrected chi connectivity index (χ3v) is 3.80. The normalized spacial score (nSPS) is 19.5. The quantitative estimate of drug-likeness (QED) is 0.801. The number of rotatable bonds is 2. The maximum absolute atomic E-state index is 12.4. The van der Waals surface area contributed by atoms with Gasteiger partial charge in [0.15, 0.2) is 5.78 Å². The molecule has 1 heterocycles. The molecule has 1 saturated carbocycles. The molecule has 0 unspecified atom stereocenters. The second-order valence-corrected chi connectivity index (χ2v) is 5.70. The van der Waals surface area contributed by atoms with Crippen molar-refractivity contribution < 1.29 is 9.59 Å². The largest absolute Gasteiger partial charge is 0.298 e. The lowest BCUT2D eigenvalue weighted by molar-refractivity contribution is -0.119. The van der Waals surface area contributed by atoms with Gasteiger partial charge in [0, 0.05) is 12.0 Å². The number of hydrogen-bond donors (Lipinski definition) is 0. The van der Waals surface area contributed by atoms with E-state index in [4.69, 9.17) is 0 Å². The lowest BCUT2D eigenvalue weighted by Gasteiger charge is -2.24. The monoisotopic (exact) mass is 243 g/mol. The van der Waals surface area contributed by atoms with Gasteiger partial charge in [0.25, 0.3) is 0 Å². The molecule has 0 saturated heterocycles. The SMILES string of the molecule is CC(C)CC(=O)N1c2ccccc2C(=O)C12CC2. The van der Waals surface area contributed by atoms with Crippen molar-refractivity contribution in [3.8, 4) is 0 Å². The highest BCUT2D eigenvalue weighted by Crippen LogP contribution is 2.53. The van der Waals surface area contributed by atoms with Gasteiger partial charge in [-0.3, -0.25) is 14.5 Å². The van der Waals surface area contributed by atoms with Crippen LogP contribution in [0.25, 0.3) is 0 Å². The molecule has 18 heavy (non-hydrogen) atoms. The number of anilines is 1. The Hall–Kier alpha value is -1.64. The average Bonchev–Trinajstić information content (AvgIpc) is 3.04. The van der Waals surface area contributed by atoms with E-state index in [2.05, 4.69) is 0 Å². The summed E-state index contributed by atoms with van der Waals surface area (Å²) >= 11 is 0. The number of para-hydroxylation sites is 1. The highest BCUT2D eigenvalue weighted by Gasteiger charge is 2.61. The van der Waals surface area contributed by atoms with Crippen molar-refractivity contribution >= 4 is 17.4 Å². The number of Topliss-reactive ketones (excluding diaryl/α,β-unsaturated/α-hetero) is 1. The maximum Gasteiger partial charge on any atom is 0.228 e. The fourth-order valence-electron chi connectivity index (χ4n) is 2.83. The second-order valence-electron chi connectivity index (χ2n) is 5.70. The molecule has 0 radical (unpaired) electrons. The number of hydrogen-bond acceptors (Lipinski definition) is 2. The summed E-state index contributed by atoms with van der Waals surface area (Å²) in [7, 11) is 0. The number of nitrogens with zero attached hydrogens (tertiary/aromatic N) is 1. The minimum atomic E-state index is -0.518. The van der Waals surface area contributed by atoms with Gasteiger partial charge in [0.1, 0.15) is 5.54 Å². The van der Waals surface area contributed by atoms with Crippen LogP contribution in [0.4, 0.5) is 5.69 Å². The summed E-state index contributed by atoms with van der Waals surface area (Å²) in [5.74, 6) is 0.534. The van der Waals surface area contributed by atoms with Crippen LogP contribution in [0.15, 0.2) is 24.3 Å². The van der Waals surface area contributed by atoms with E-state index in [0.717, 1.165) is 18.5 Å². The van der Waals surface area contributed by atoms with Crippen LogP contribution in [0.5, 0.6) is 0 Å². The lowest BCUT2D eigenvalue weighted by atomic mass is 10.1. The Morgan fingerprint density at radius 3 is 2.61 bits per heavy atom. The van der Waals surface area contributed by atoms with Crippen LogP contribution in [-0.4, -0.2) is 17.2 Å². The van der Waals surface area contributed by atoms with E-state index in [0.29, 0.717) is 17.9 Å². The van der Waals surface area contributed by atoms with E-state index in [-0.39, 0.29) is 11.7 Å². The first-order valence-corrected chi connectivity index (χ1v) is 6.53. The zero-order valence-corrected chi connectivity index (χ0v) is 10.8. The summed E-state index contributed by atoms with van der Waals surface area (Å²) in [5.41, 5.74) is 1.01. The number of carbonyl (C=O) groups excluding carboxylic acids is 2. The maximum atomic E-state index is 12.4. The van der Waals surface area contributed by atoms with Crippen molar-refractivity contribution in [2.24, 2.45) is 5.92 Å². The van der Waals surface area contributed by atoms with Crippen molar-refractivity contribution in [1.29, 1.82) is 0 Å². The van der Waals surface area contributed by atoms with Gasteiger partial charge in [0.2, 0.25) is 5.91 Å². The van der Waals surface area contributed by atoms with Crippen LogP contribution in [0.2, 0.25) is 0 Å². The third-order valence-electron chi connectivity index (χ3n) is 3.80. The Morgan fingerprint density at radius 1 is 1.33 bits per heavy atom. The summed E-state index contributed by atoms with van der Waals surface area (Å²) in [6.45, 7) is 4.06. The number of benzene rings is 1. The first-order valence-electron chi connectivity index (χ1n) is 6.53. The standard InChI is InChI=1S/C15H17NO2/c1-10(2)9-13(17)16-12-6-4-3-5-11(12)14(18)15(16)7-8-15/h3-6,10H,7-9H2,1-2H3. The fourth-order valence-corrected chi connectivity index (χ4v) is 2.83. The first kappa shape index (κ1) is 11.5. The summed E-state index contributed by atoms with van der Waals surface area (Å²) in [5, 5.41) is 0. The van der Waals surface area contributed by atoms with Crippen LogP contribution in [0, 0.1) is 5.92 Å². The molecule has 1 aliphatic heterocycles. The molecular weight excluding hydrogens is 226 g/mol. The van der Waals surface area contributed by atoms with Crippen molar-refractivity contribution in [1.82, 2.24) is 0 Å². The fraction of sp³-hybridized carbons (Fsp3) is 0.467. The third kappa shape index (κ3) is 1.43. The topological polar surface area (TPSA) is 37.4 Å². The Balaban J connectivity index is 2.03. The number of carbonyl (C=O) groups is 2. The minimum Gasteiger partial charge on any atom is -0.298 e. The summed E-state index contributed by atoms with van der Waals surface area (Å²) in [6.07, 6.45) is 2.12. The summed E-state index contributed by atoms with van der Waals surface area (Å²) < 4.78 is 0. The molecule has 2 aliphatic rings. The van der Waals surface area contributed by atoms with Gasteiger partial charge in [-0.1, -0.05) is 26.0 Å². The molecule has 1 aromatic rings. The number of ketones is 1. The van der Waals surface area contributed by atoms with E-state index in [1.165, 1.54) is 0 Å². The van der Waals surface area contributed by atoms with Gasteiger partial charge in [-0.05, 0) is 30.9 Å². The van der Waals surface area contributed by atoms with E-state index >= 15 is 0 Å². The van der Waals surface area contributed by atoms with Gasteiger partial charge in [-0.15, -0.1) is 0 Å². The molecule has 1 spiro atoms. The molecule has 94 valence electrons. The molecule has 1 amide bonds. The smallest absolute Gasteiger partial charge is 0.228 e. The molecule has 0 atom stereocenters. The molecule has 0 N–H and O–H groups in total. The van der Waals surface area contributed by atoms with Gasteiger partial charge < -0.3 is 0 Å². The molecule has 0 aromatic heterocycles. The number of fused-ring (bicyclic) bond motifs is 1. The molecule has 1 aliphatic carbocycles. The van der Waals surface area contributed by atoms with Crippen molar-refractivity contribution in [3.63, 3.8) is 0 Å². The predicted molar refractivity (Wildman–Crippen MR) is 69.7 cm³/mol. The van der Waals surface area contributed by atoms with Gasteiger partial charge in [-0.25, -0.2) is 0 Å². The summed E-state index contributed by atoms with van der Waals surface area (Å²) in [6, 6.07) is 7.48. The van der Waals surface area contributed by atoms with Crippen LogP contribution in [-0.2, 0) is 4.79 Å². The summed E-state index contributed by atoms with van der Waals surface area (Å²) in [4.78, 5) is 26.5. The molecule has 3 heteroatoms.